The maximum atomic E-state index is 12.3. The van der Waals surface area contributed by atoms with E-state index in [2.05, 4.69) is 30.6 Å². The predicted molar refractivity (Wildman–Crippen MR) is 102 cm³/mol. The summed E-state index contributed by atoms with van der Waals surface area (Å²) in [6.07, 6.45) is 2.09. The molecule has 5 N–H and O–H groups in total. The summed E-state index contributed by atoms with van der Waals surface area (Å²) in [6, 6.07) is 7.57. The van der Waals surface area contributed by atoms with Crippen molar-refractivity contribution in [1.82, 2.24) is 25.6 Å². The van der Waals surface area contributed by atoms with E-state index in [0.29, 0.717) is 17.6 Å². The molecule has 1 aromatic carbocycles. The van der Waals surface area contributed by atoms with Gasteiger partial charge in [0.25, 0.3) is 5.91 Å². The van der Waals surface area contributed by atoms with Crippen molar-refractivity contribution >= 4 is 40.2 Å². The Bertz CT molecular complexity index is 922. The Morgan fingerprint density at radius 1 is 1.27 bits per heavy atom. The van der Waals surface area contributed by atoms with Crippen molar-refractivity contribution in [2.24, 2.45) is 10.7 Å². The first-order valence-electron chi connectivity index (χ1n) is 8.45. The monoisotopic (exact) mass is 369 g/mol. The number of nitrogens with zero attached hydrogens (tertiary/aromatic N) is 3. The number of para-hydroxylation sites is 2. The molecular weight excluding hydrogens is 350 g/mol. The van der Waals surface area contributed by atoms with Gasteiger partial charge in [0.15, 0.2) is 0 Å². The number of aromatic amines is 1. The van der Waals surface area contributed by atoms with E-state index in [1.165, 1.54) is 11.3 Å². The summed E-state index contributed by atoms with van der Waals surface area (Å²) in [5.74, 6) is 0.381. The van der Waals surface area contributed by atoms with E-state index in [9.17, 15) is 4.79 Å². The molecule has 8 nitrogen and oxygen atoms in total. The number of amides is 1. The van der Waals surface area contributed by atoms with Crippen LogP contribution in [0.25, 0.3) is 11.0 Å². The van der Waals surface area contributed by atoms with Crippen LogP contribution in [0.2, 0.25) is 0 Å². The fourth-order valence-corrected chi connectivity index (χ4v) is 3.93. The van der Waals surface area contributed by atoms with Crippen LogP contribution in [0.15, 0.2) is 34.6 Å². The van der Waals surface area contributed by atoms with Crippen LogP contribution in [0.3, 0.4) is 0 Å². The fraction of sp³-hybridized carbons (Fsp3) is 0.294. The van der Waals surface area contributed by atoms with E-state index in [1.807, 2.05) is 24.3 Å². The zero-order valence-electron chi connectivity index (χ0n) is 14.0. The van der Waals surface area contributed by atoms with Crippen LogP contribution >= 0.6 is 11.3 Å². The first-order valence-corrected chi connectivity index (χ1v) is 9.33. The zero-order valence-corrected chi connectivity index (χ0v) is 14.8. The number of rotatable bonds is 3. The maximum Gasteiger partial charge on any atom is 0.277 e. The van der Waals surface area contributed by atoms with Gasteiger partial charge in [-0.05, 0) is 38.1 Å². The third kappa shape index (κ3) is 3.58. The van der Waals surface area contributed by atoms with Gasteiger partial charge in [-0.3, -0.25) is 10.1 Å². The minimum absolute atomic E-state index is 0.0227. The highest BCUT2D eigenvalue weighted by Gasteiger charge is 2.20. The van der Waals surface area contributed by atoms with E-state index in [1.54, 1.807) is 5.38 Å². The number of carbonyl (C=O) groups excluding carboxylic acids is 1. The lowest BCUT2D eigenvalue weighted by molar-refractivity contribution is 0.0972. The van der Waals surface area contributed by atoms with E-state index in [-0.39, 0.29) is 11.9 Å². The molecule has 3 heterocycles. The Morgan fingerprint density at radius 2 is 2.08 bits per heavy atom. The van der Waals surface area contributed by atoms with Crippen molar-refractivity contribution in [1.29, 1.82) is 0 Å². The Morgan fingerprint density at radius 3 is 2.88 bits per heavy atom. The maximum absolute atomic E-state index is 12.3. The predicted octanol–water partition coefficient (Wildman–Crippen LogP) is 1.86. The van der Waals surface area contributed by atoms with Crippen molar-refractivity contribution in [2.45, 2.75) is 18.8 Å². The van der Waals surface area contributed by atoms with Crippen LogP contribution in [0.5, 0.6) is 0 Å². The second-order valence-corrected chi connectivity index (χ2v) is 7.01. The van der Waals surface area contributed by atoms with Gasteiger partial charge in [-0.1, -0.05) is 12.1 Å². The van der Waals surface area contributed by atoms with E-state index in [4.69, 9.17) is 5.73 Å². The molecule has 1 amide bonds. The SMILES string of the molecule is N/C(=N\c1nc2ccccc2[nH]1)NC(=O)c1csc(C2CCNCC2)n1. The van der Waals surface area contributed by atoms with Gasteiger partial charge in [-0.15, -0.1) is 11.3 Å². The molecular formula is C17H19N7OS. The molecule has 0 atom stereocenters. The quantitative estimate of drug-likeness (QED) is 0.415. The number of guanidine groups is 1. The molecule has 0 radical (unpaired) electrons. The van der Waals surface area contributed by atoms with Crippen LogP contribution in [0.1, 0.15) is 34.3 Å². The third-order valence-electron chi connectivity index (χ3n) is 4.29. The average molecular weight is 369 g/mol. The molecule has 134 valence electrons. The third-order valence-corrected chi connectivity index (χ3v) is 5.30. The number of hydrogen-bond donors (Lipinski definition) is 4. The van der Waals surface area contributed by atoms with Crippen molar-refractivity contribution in [2.75, 3.05) is 13.1 Å². The number of aliphatic imine (C=N–C) groups is 1. The Kier molecular flexibility index (Phi) is 4.63. The topological polar surface area (TPSA) is 121 Å². The number of piperidine rings is 1. The Balaban J connectivity index is 1.44. The highest BCUT2D eigenvalue weighted by atomic mass is 32.1. The van der Waals surface area contributed by atoms with Gasteiger partial charge in [-0.25, -0.2) is 9.97 Å². The molecule has 0 unspecified atom stereocenters. The molecule has 4 rings (SSSR count). The minimum Gasteiger partial charge on any atom is -0.369 e. The number of nitrogens with one attached hydrogen (secondary N) is 3. The number of carbonyl (C=O) groups is 1. The first-order chi connectivity index (χ1) is 12.7. The summed E-state index contributed by atoms with van der Waals surface area (Å²) in [5, 5.41) is 8.66. The van der Waals surface area contributed by atoms with Gasteiger partial charge < -0.3 is 16.0 Å². The van der Waals surface area contributed by atoms with Gasteiger partial charge in [-0.2, -0.15) is 4.99 Å². The number of imidazole rings is 1. The summed E-state index contributed by atoms with van der Waals surface area (Å²) in [5.41, 5.74) is 7.85. The highest BCUT2D eigenvalue weighted by Crippen LogP contribution is 2.27. The smallest absolute Gasteiger partial charge is 0.277 e. The van der Waals surface area contributed by atoms with E-state index >= 15 is 0 Å². The van der Waals surface area contributed by atoms with Gasteiger partial charge in [0, 0.05) is 11.3 Å². The lowest BCUT2D eigenvalue weighted by atomic mass is 9.99. The lowest BCUT2D eigenvalue weighted by Gasteiger charge is -2.20. The van der Waals surface area contributed by atoms with E-state index in [0.717, 1.165) is 42.0 Å². The molecule has 1 saturated heterocycles. The van der Waals surface area contributed by atoms with Gasteiger partial charge in [0.2, 0.25) is 11.9 Å². The highest BCUT2D eigenvalue weighted by molar-refractivity contribution is 7.09. The number of hydrogen-bond acceptors (Lipinski definition) is 6. The number of H-pyrrole nitrogens is 1. The first kappa shape index (κ1) is 16.7. The van der Waals surface area contributed by atoms with Gasteiger partial charge in [0.1, 0.15) is 5.69 Å². The molecule has 26 heavy (non-hydrogen) atoms. The summed E-state index contributed by atoms with van der Waals surface area (Å²) >= 11 is 1.52. The van der Waals surface area contributed by atoms with Crippen LogP contribution < -0.4 is 16.4 Å². The number of nitrogens with two attached hydrogens (primary N) is 1. The largest absolute Gasteiger partial charge is 0.369 e. The van der Waals surface area contributed by atoms with Crippen LogP contribution in [-0.2, 0) is 0 Å². The van der Waals surface area contributed by atoms with Gasteiger partial charge >= 0.3 is 0 Å². The number of aromatic nitrogens is 3. The van der Waals surface area contributed by atoms with Crippen LogP contribution in [0.4, 0.5) is 5.95 Å². The van der Waals surface area contributed by atoms with Crippen molar-refractivity contribution in [3.63, 3.8) is 0 Å². The molecule has 2 aromatic heterocycles. The summed E-state index contributed by atoms with van der Waals surface area (Å²) in [6.45, 7) is 1.98. The normalized spacial score (nSPS) is 16.1. The molecule has 9 heteroatoms. The van der Waals surface area contributed by atoms with E-state index < -0.39 is 0 Å². The second kappa shape index (κ2) is 7.22. The molecule has 1 aliphatic heterocycles. The van der Waals surface area contributed by atoms with Crippen LogP contribution in [0, 0.1) is 0 Å². The van der Waals surface area contributed by atoms with Gasteiger partial charge in [0.05, 0.1) is 16.0 Å². The summed E-state index contributed by atoms with van der Waals surface area (Å²) in [7, 11) is 0. The average Bonchev–Trinajstić information content (AvgIpc) is 3.29. The Hall–Kier alpha value is -2.78. The molecule has 3 aromatic rings. The van der Waals surface area contributed by atoms with Crippen molar-refractivity contribution in [3.05, 3.63) is 40.3 Å². The molecule has 0 bridgehead atoms. The minimum atomic E-state index is -0.362. The molecule has 0 aliphatic carbocycles. The fourth-order valence-electron chi connectivity index (χ4n) is 2.96. The van der Waals surface area contributed by atoms with Crippen molar-refractivity contribution in [3.8, 4) is 0 Å². The van der Waals surface area contributed by atoms with Crippen LogP contribution in [-0.4, -0.2) is 39.9 Å². The molecule has 0 saturated carbocycles. The number of fused-ring (bicyclic) bond motifs is 1. The van der Waals surface area contributed by atoms with Crippen molar-refractivity contribution < 1.29 is 4.79 Å². The number of benzene rings is 1. The Labute approximate surface area is 154 Å². The zero-order chi connectivity index (χ0) is 17.9. The summed E-state index contributed by atoms with van der Waals surface area (Å²) < 4.78 is 0. The molecule has 1 aliphatic rings. The molecule has 1 fully saturated rings. The lowest BCUT2D eigenvalue weighted by Crippen LogP contribution is -2.36. The second-order valence-electron chi connectivity index (χ2n) is 6.12. The molecule has 0 spiro atoms. The number of thiazole rings is 1. The standard InChI is InChI=1S/C17H19N7OS/c18-16(24-17-21-11-3-1-2-4-12(11)22-17)23-14(25)13-9-26-15(20-13)10-5-7-19-8-6-10/h1-4,9-10,19H,5-8H2,(H4,18,21,22,23,24,25). The summed E-state index contributed by atoms with van der Waals surface area (Å²) in [4.78, 5) is 28.3.